The van der Waals surface area contributed by atoms with Crippen molar-refractivity contribution in [2.45, 2.75) is 71.1 Å². The van der Waals surface area contributed by atoms with Crippen molar-refractivity contribution in [1.82, 2.24) is 9.97 Å². The highest BCUT2D eigenvalue weighted by molar-refractivity contribution is 14.1. The van der Waals surface area contributed by atoms with Gasteiger partial charge in [-0.05, 0) is 60.1 Å². The third kappa shape index (κ3) is 3.62. The predicted molar refractivity (Wildman–Crippen MR) is 92.9 cm³/mol. The lowest BCUT2D eigenvalue weighted by molar-refractivity contribution is 0.302. The molecule has 0 amide bonds. The Bertz CT molecular complexity index is 451. The lowest BCUT2D eigenvalue weighted by Crippen LogP contribution is -2.17. The van der Waals surface area contributed by atoms with Crippen LogP contribution in [0.2, 0.25) is 0 Å². The van der Waals surface area contributed by atoms with E-state index in [4.69, 9.17) is 10.7 Å². The van der Waals surface area contributed by atoms with Crippen LogP contribution in [0.4, 0.5) is 5.82 Å². The zero-order valence-corrected chi connectivity index (χ0v) is 15.0. The van der Waals surface area contributed by atoms with E-state index < -0.39 is 0 Å². The van der Waals surface area contributed by atoms with Crippen molar-refractivity contribution < 1.29 is 0 Å². The fourth-order valence-electron chi connectivity index (χ4n) is 3.18. The topological polar surface area (TPSA) is 51.8 Å². The summed E-state index contributed by atoms with van der Waals surface area (Å²) in [5.74, 6) is 3.49. The van der Waals surface area contributed by atoms with Gasteiger partial charge in [-0.25, -0.2) is 9.97 Å². The average molecular weight is 387 g/mol. The van der Waals surface area contributed by atoms with Crippen molar-refractivity contribution in [2.24, 2.45) is 5.92 Å². The maximum Gasteiger partial charge on any atom is 0.140 e. The first-order chi connectivity index (χ1) is 9.52. The molecule has 1 aliphatic carbocycles. The van der Waals surface area contributed by atoms with E-state index in [0.29, 0.717) is 17.7 Å². The third-order valence-electron chi connectivity index (χ3n) is 4.38. The first kappa shape index (κ1) is 16.0. The van der Waals surface area contributed by atoms with Gasteiger partial charge in [0, 0.05) is 5.92 Å². The molecule has 1 aromatic heterocycles. The van der Waals surface area contributed by atoms with Crippen LogP contribution in [0, 0.1) is 9.49 Å². The minimum Gasteiger partial charge on any atom is -0.383 e. The van der Waals surface area contributed by atoms with Crippen LogP contribution < -0.4 is 5.73 Å². The Balaban J connectivity index is 2.14. The second kappa shape index (κ2) is 7.05. The predicted octanol–water partition coefficient (Wildman–Crippen LogP) is 4.86. The Morgan fingerprint density at radius 1 is 1.20 bits per heavy atom. The largest absolute Gasteiger partial charge is 0.383 e. The van der Waals surface area contributed by atoms with E-state index in [2.05, 4.69) is 48.3 Å². The van der Waals surface area contributed by atoms with Crippen LogP contribution in [0.3, 0.4) is 0 Å². The fourth-order valence-corrected chi connectivity index (χ4v) is 4.05. The molecule has 20 heavy (non-hydrogen) atoms. The number of nitrogens with zero attached hydrogens (tertiary/aromatic N) is 2. The number of hydrogen-bond donors (Lipinski definition) is 1. The lowest BCUT2D eigenvalue weighted by atomic mass is 9.79. The quantitative estimate of drug-likeness (QED) is 0.751. The zero-order valence-electron chi connectivity index (χ0n) is 12.8. The Labute approximate surface area is 136 Å². The van der Waals surface area contributed by atoms with E-state index in [1.165, 1.54) is 38.5 Å². The normalized spacial score (nSPS) is 23.2. The molecule has 1 aliphatic rings. The van der Waals surface area contributed by atoms with Gasteiger partial charge >= 0.3 is 0 Å². The Morgan fingerprint density at radius 2 is 1.85 bits per heavy atom. The summed E-state index contributed by atoms with van der Waals surface area (Å²) in [6.45, 7) is 6.63. The van der Waals surface area contributed by atoms with Crippen molar-refractivity contribution in [2.75, 3.05) is 5.73 Å². The summed E-state index contributed by atoms with van der Waals surface area (Å²) >= 11 is 2.27. The highest BCUT2D eigenvalue weighted by Crippen LogP contribution is 2.37. The van der Waals surface area contributed by atoms with E-state index in [1.807, 2.05) is 0 Å². The Kier molecular flexibility index (Phi) is 5.64. The van der Waals surface area contributed by atoms with Crippen molar-refractivity contribution in [3.63, 3.8) is 0 Å². The number of aromatic nitrogens is 2. The van der Waals surface area contributed by atoms with Gasteiger partial charge in [0.1, 0.15) is 11.6 Å². The summed E-state index contributed by atoms with van der Waals surface area (Å²) in [6.07, 6.45) is 7.78. The zero-order chi connectivity index (χ0) is 14.7. The third-order valence-corrected chi connectivity index (χ3v) is 5.48. The summed E-state index contributed by atoms with van der Waals surface area (Å²) < 4.78 is 1.03. The van der Waals surface area contributed by atoms with Gasteiger partial charge in [-0.3, -0.25) is 0 Å². The number of rotatable bonds is 4. The Hall–Kier alpha value is -0.390. The number of anilines is 1. The molecule has 0 saturated heterocycles. The van der Waals surface area contributed by atoms with E-state index in [9.17, 15) is 0 Å². The van der Waals surface area contributed by atoms with E-state index in [0.717, 1.165) is 21.0 Å². The maximum atomic E-state index is 6.08. The first-order valence-corrected chi connectivity index (χ1v) is 8.93. The molecule has 1 saturated carbocycles. The number of nitrogens with two attached hydrogens (primary N) is 1. The summed E-state index contributed by atoms with van der Waals surface area (Å²) in [6, 6.07) is 0. The molecule has 1 heterocycles. The maximum absolute atomic E-state index is 6.08. The van der Waals surface area contributed by atoms with Crippen molar-refractivity contribution >= 4 is 28.4 Å². The SMILES string of the molecule is CCCC1CCC(c2nc(N)c(I)c(C(C)C)n2)CC1. The molecule has 1 fully saturated rings. The molecule has 3 nitrogen and oxygen atoms in total. The van der Waals surface area contributed by atoms with Crippen molar-refractivity contribution in [1.29, 1.82) is 0 Å². The molecular weight excluding hydrogens is 361 g/mol. The van der Waals surface area contributed by atoms with Crippen molar-refractivity contribution in [3.05, 3.63) is 15.1 Å². The van der Waals surface area contributed by atoms with Crippen LogP contribution in [0.1, 0.15) is 82.7 Å². The molecule has 1 aromatic rings. The molecule has 0 atom stereocenters. The first-order valence-electron chi connectivity index (χ1n) is 7.85. The summed E-state index contributed by atoms with van der Waals surface area (Å²) in [5, 5.41) is 0. The number of halogens is 1. The minimum absolute atomic E-state index is 0.405. The molecular formula is C16H26IN3. The van der Waals surface area contributed by atoms with Crippen LogP contribution in [0.25, 0.3) is 0 Å². The molecule has 0 radical (unpaired) electrons. The van der Waals surface area contributed by atoms with E-state index >= 15 is 0 Å². The van der Waals surface area contributed by atoms with Gasteiger partial charge in [0.15, 0.2) is 0 Å². The van der Waals surface area contributed by atoms with Gasteiger partial charge in [-0.15, -0.1) is 0 Å². The monoisotopic (exact) mass is 387 g/mol. The highest BCUT2D eigenvalue weighted by atomic mass is 127. The summed E-state index contributed by atoms with van der Waals surface area (Å²) in [5.41, 5.74) is 7.20. The smallest absolute Gasteiger partial charge is 0.140 e. The molecule has 0 spiro atoms. The van der Waals surface area contributed by atoms with E-state index in [-0.39, 0.29) is 0 Å². The molecule has 2 N–H and O–H groups in total. The standard InChI is InChI=1S/C16H26IN3/c1-4-5-11-6-8-12(9-7-11)16-19-14(10(2)3)13(17)15(18)20-16/h10-12H,4-9H2,1-3H3,(H2,18,19,20). The summed E-state index contributed by atoms with van der Waals surface area (Å²) in [7, 11) is 0. The molecule has 0 bridgehead atoms. The van der Waals surface area contributed by atoms with Crippen LogP contribution in [0.5, 0.6) is 0 Å². The van der Waals surface area contributed by atoms with Gasteiger partial charge < -0.3 is 5.73 Å². The fraction of sp³-hybridized carbons (Fsp3) is 0.750. The average Bonchev–Trinajstić information content (AvgIpc) is 2.42. The number of nitrogen functional groups attached to an aromatic ring is 1. The van der Waals surface area contributed by atoms with Gasteiger partial charge in [0.25, 0.3) is 0 Å². The van der Waals surface area contributed by atoms with Gasteiger partial charge in [-0.2, -0.15) is 0 Å². The minimum atomic E-state index is 0.405. The van der Waals surface area contributed by atoms with Crippen LogP contribution in [0.15, 0.2) is 0 Å². The number of hydrogen-bond acceptors (Lipinski definition) is 3. The molecule has 0 aromatic carbocycles. The molecule has 2 rings (SSSR count). The van der Waals surface area contributed by atoms with Gasteiger partial charge in [0.05, 0.1) is 9.26 Å². The second-order valence-corrected chi connectivity index (χ2v) is 7.41. The molecule has 4 heteroatoms. The molecule has 0 unspecified atom stereocenters. The molecule has 0 aliphatic heterocycles. The Morgan fingerprint density at radius 3 is 2.40 bits per heavy atom. The molecule has 112 valence electrons. The van der Waals surface area contributed by atoms with Crippen LogP contribution in [-0.2, 0) is 0 Å². The van der Waals surface area contributed by atoms with Crippen molar-refractivity contribution in [3.8, 4) is 0 Å². The van der Waals surface area contributed by atoms with E-state index in [1.54, 1.807) is 0 Å². The van der Waals surface area contributed by atoms with Crippen LogP contribution >= 0.6 is 22.6 Å². The lowest BCUT2D eigenvalue weighted by Gasteiger charge is -2.28. The van der Waals surface area contributed by atoms with Gasteiger partial charge in [-0.1, -0.05) is 33.6 Å². The highest BCUT2D eigenvalue weighted by Gasteiger charge is 2.25. The van der Waals surface area contributed by atoms with Crippen LogP contribution in [-0.4, -0.2) is 9.97 Å². The summed E-state index contributed by atoms with van der Waals surface area (Å²) in [4.78, 5) is 9.40. The second-order valence-electron chi connectivity index (χ2n) is 6.33. The van der Waals surface area contributed by atoms with Gasteiger partial charge in [0.2, 0.25) is 0 Å².